The molecule has 4 nitrogen and oxygen atoms in total. The van der Waals surface area contributed by atoms with Crippen molar-refractivity contribution in [3.63, 3.8) is 0 Å². The first-order valence-corrected chi connectivity index (χ1v) is 4.57. The van der Waals surface area contributed by atoms with Crippen molar-refractivity contribution in [2.24, 2.45) is 0 Å². The molecule has 0 saturated heterocycles. The maximum Gasteiger partial charge on any atom is 0.489 e. The Bertz CT molecular complexity index is 434. The van der Waals surface area contributed by atoms with E-state index in [1.165, 1.54) is 6.07 Å². The van der Waals surface area contributed by atoms with Gasteiger partial charge in [-0.15, -0.1) is 0 Å². The lowest BCUT2D eigenvalue weighted by Crippen LogP contribution is -2.37. The summed E-state index contributed by atoms with van der Waals surface area (Å²) in [5.74, 6) is -0.680. The van der Waals surface area contributed by atoms with E-state index in [4.69, 9.17) is 10.0 Å². The summed E-state index contributed by atoms with van der Waals surface area (Å²) >= 11 is 0. The molecule has 92 valence electrons. The fourth-order valence-corrected chi connectivity index (χ4v) is 1.40. The van der Waals surface area contributed by atoms with Crippen molar-refractivity contribution >= 4 is 24.2 Å². The highest BCUT2D eigenvalue weighted by atomic mass is 19.4. The topological polar surface area (TPSA) is 69.6 Å². The van der Waals surface area contributed by atoms with Gasteiger partial charge in [-0.1, -0.05) is 12.1 Å². The molecule has 0 aliphatic heterocycles. The zero-order valence-electron chi connectivity index (χ0n) is 8.75. The highest BCUT2D eigenvalue weighted by molar-refractivity contribution is 6.59. The van der Waals surface area contributed by atoms with Crippen LogP contribution in [0.3, 0.4) is 0 Å². The molecule has 0 radical (unpaired) electrons. The normalized spacial score (nSPS) is 11.2. The van der Waals surface area contributed by atoms with Gasteiger partial charge in [-0.3, -0.25) is 4.79 Å². The number of anilines is 1. The van der Waals surface area contributed by atoms with E-state index in [0.717, 1.165) is 19.1 Å². The van der Waals surface area contributed by atoms with Crippen LogP contribution in [-0.2, 0) is 11.0 Å². The highest BCUT2D eigenvalue weighted by Crippen LogP contribution is 2.33. The summed E-state index contributed by atoms with van der Waals surface area (Å²) in [4.78, 5) is 10.8. The summed E-state index contributed by atoms with van der Waals surface area (Å²) in [6, 6.07) is 3.16. The Morgan fingerprint density at radius 1 is 1.35 bits per heavy atom. The molecule has 0 saturated carbocycles. The van der Waals surface area contributed by atoms with E-state index in [1.54, 1.807) is 0 Å². The van der Waals surface area contributed by atoms with Crippen molar-refractivity contribution in [2.45, 2.75) is 13.1 Å². The van der Waals surface area contributed by atoms with Gasteiger partial charge in [0.15, 0.2) is 0 Å². The maximum atomic E-state index is 12.7. The molecular formula is C9H9BF3NO3. The van der Waals surface area contributed by atoms with E-state index in [0.29, 0.717) is 0 Å². The van der Waals surface area contributed by atoms with Crippen LogP contribution in [0.1, 0.15) is 12.5 Å². The maximum absolute atomic E-state index is 12.7. The zero-order valence-corrected chi connectivity index (χ0v) is 8.75. The molecule has 0 bridgehead atoms. The largest absolute Gasteiger partial charge is 0.489 e. The molecule has 1 amide bonds. The average molecular weight is 247 g/mol. The predicted molar refractivity (Wildman–Crippen MR) is 55.6 cm³/mol. The Balaban J connectivity index is 3.40. The van der Waals surface area contributed by atoms with Crippen LogP contribution in [0.15, 0.2) is 18.2 Å². The second-order valence-electron chi connectivity index (χ2n) is 3.32. The molecule has 0 atom stereocenters. The number of carbonyl (C=O) groups excluding carboxylic acids is 1. The number of benzene rings is 1. The number of amides is 1. The van der Waals surface area contributed by atoms with Crippen molar-refractivity contribution < 1.29 is 28.0 Å². The fourth-order valence-electron chi connectivity index (χ4n) is 1.40. The third kappa shape index (κ3) is 3.21. The van der Waals surface area contributed by atoms with Gasteiger partial charge in [0.05, 0.1) is 11.3 Å². The fraction of sp³-hybridized carbons (Fsp3) is 0.222. The van der Waals surface area contributed by atoms with Crippen LogP contribution >= 0.6 is 0 Å². The molecule has 0 aliphatic rings. The Morgan fingerprint density at radius 2 is 1.94 bits per heavy atom. The van der Waals surface area contributed by atoms with Crippen LogP contribution in [0.4, 0.5) is 18.9 Å². The molecule has 17 heavy (non-hydrogen) atoms. The van der Waals surface area contributed by atoms with Crippen molar-refractivity contribution in [2.75, 3.05) is 5.32 Å². The average Bonchev–Trinajstić information content (AvgIpc) is 2.14. The number of rotatable bonds is 2. The Kier molecular flexibility index (Phi) is 3.79. The van der Waals surface area contributed by atoms with Gasteiger partial charge < -0.3 is 15.4 Å². The van der Waals surface area contributed by atoms with Crippen LogP contribution in [0.2, 0.25) is 0 Å². The van der Waals surface area contributed by atoms with E-state index >= 15 is 0 Å². The van der Waals surface area contributed by atoms with Gasteiger partial charge in [0.25, 0.3) is 0 Å². The predicted octanol–water partition coefficient (Wildman–Crippen LogP) is 0.344. The van der Waals surface area contributed by atoms with Crippen LogP contribution in [0.5, 0.6) is 0 Å². The van der Waals surface area contributed by atoms with Gasteiger partial charge in [0.2, 0.25) is 5.91 Å². The summed E-state index contributed by atoms with van der Waals surface area (Å²) in [5.41, 5.74) is -2.47. The number of hydrogen-bond donors (Lipinski definition) is 3. The zero-order chi connectivity index (χ0) is 13.2. The highest BCUT2D eigenvalue weighted by Gasteiger charge is 2.38. The van der Waals surface area contributed by atoms with Gasteiger partial charge in [0, 0.05) is 6.92 Å². The second-order valence-corrected chi connectivity index (χ2v) is 3.32. The number of halogens is 3. The number of nitrogens with one attached hydrogen (secondary N) is 1. The first kappa shape index (κ1) is 13.5. The lowest BCUT2D eigenvalue weighted by molar-refractivity contribution is -0.136. The molecular weight excluding hydrogens is 238 g/mol. The molecule has 0 fully saturated rings. The van der Waals surface area contributed by atoms with Crippen molar-refractivity contribution in [3.05, 3.63) is 23.8 Å². The third-order valence-electron chi connectivity index (χ3n) is 1.97. The van der Waals surface area contributed by atoms with Crippen molar-refractivity contribution in [1.29, 1.82) is 0 Å². The van der Waals surface area contributed by atoms with Crippen LogP contribution < -0.4 is 10.8 Å². The summed E-state index contributed by atoms with van der Waals surface area (Å²) in [6.07, 6.45) is -4.79. The summed E-state index contributed by atoms with van der Waals surface area (Å²) in [7, 11) is -2.26. The second kappa shape index (κ2) is 4.76. The lowest BCUT2D eigenvalue weighted by atomic mass is 9.76. The van der Waals surface area contributed by atoms with E-state index in [9.17, 15) is 18.0 Å². The molecule has 0 aromatic heterocycles. The Labute approximate surface area is 95.2 Å². The number of carbonyl (C=O) groups is 1. The van der Waals surface area contributed by atoms with Gasteiger partial charge in [-0.25, -0.2) is 0 Å². The van der Waals surface area contributed by atoms with Crippen LogP contribution in [0, 0.1) is 0 Å². The quantitative estimate of drug-likeness (QED) is 0.660. The molecule has 0 aliphatic carbocycles. The molecule has 0 spiro atoms. The van der Waals surface area contributed by atoms with Gasteiger partial charge in [0.1, 0.15) is 0 Å². The Hall–Kier alpha value is -1.54. The molecule has 0 heterocycles. The van der Waals surface area contributed by atoms with Crippen molar-refractivity contribution in [3.8, 4) is 0 Å². The molecule has 1 rings (SSSR count). The minimum absolute atomic E-state index is 0.504. The molecule has 1 aromatic rings. The summed E-state index contributed by atoms with van der Waals surface area (Å²) in [6.45, 7) is 1.06. The summed E-state index contributed by atoms with van der Waals surface area (Å²) < 4.78 is 38.2. The monoisotopic (exact) mass is 247 g/mol. The first-order chi connectivity index (χ1) is 7.73. The van der Waals surface area contributed by atoms with Crippen LogP contribution in [0.25, 0.3) is 0 Å². The van der Waals surface area contributed by atoms with Gasteiger partial charge >= 0.3 is 13.3 Å². The van der Waals surface area contributed by atoms with Crippen LogP contribution in [-0.4, -0.2) is 23.1 Å². The van der Waals surface area contributed by atoms with E-state index < -0.39 is 35.9 Å². The third-order valence-corrected chi connectivity index (χ3v) is 1.97. The Morgan fingerprint density at radius 3 is 2.35 bits per heavy atom. The van der Waals surface area contributed by atoms with Gasteiger partial charge in [-0.2, -0.15) is 13.2 Å². The van der Waals surface area contributed by atoms with E-state index in [1.807, 2.05) is 5.32 Å². The number of alkyl halides is 3. The number of hydrogen-bond acceptors (Lipinski definition) is 3. The molecule has 8 heteroatoms. The minimum atomic E-state index is -4.79. The van der Waals surface area contributed by atoms with E-state index in [2.05, 4.69) is 0 Å². The lowest BCUT2D eigenvalue weighted by Gasteiger charge is -2.17. The van der Waals surface area contributed by atoms with E-state index in [-0.39, 0.29) is 0 Å². The molecule has 1 aromatic carbocycles. The van der Waals surface area contributed by atoms with Gasteiger partial charge in [-0.05, 0) is 11.5 Å². The van der Waals surface area contributed by atoms with Crippen molar-refractivity contribution in [1.82, 2.24) is 0 Å². The minimum Gasteiger partial charge on any atom is -0.423 e. The first-order valence-electron chi connectivity index (χ1n) is 4.57. The SMILES string of the molecule is CC(=O)Nc1cccc(B(O)O)c1C(F)(F)F. The molecule has 0 unspecified atom stereocenters. The molecule has 3 N–H and O–H groups in total. The standard InChI is InChI=1S/C9H9BF3NO3/c1-5(15)14-7-4-2-3-6(10(16)17)8(7)9(11,12)13/h2-4,16-17H,1H3,(H,14,15). The smallest absolute Gasteiger partial charge is 0.423 e. The summed E-state index contributed by atoms with van der Waals surface area (Å²) in [5, 5.41) is 19.7.